The Hall–Kier alpha value is -1.18. The number of aliphatic carboxylic acids is 1. The number of carbonyl (C=O) groups is 1. The van der Waals surface area contributed by atoms with Crippen LogP contribution in [0, 0.1) is 12.7 Å². The van der Waals surface area contributed by atoms with E-state index in [9.17, 15) is 18.1 Å². The molecule has 0 aromatic heterocycles. The fraction of sp³-hybridized carbons (Fsp3) is 0.500. The molecule has 0 unspecified atom stereocenters. The standard InChI is InChI=1S/C14H19F2NO3S/c1-8-5-6-10(15)9(7-8)12(11(16)13(18)19)17-21(20)14(2,3)4/h5-7,11-12,17H,1-4H3,(H,18,19)/t11-,12+,21-/m1/s1. The van der Waals surface area contributed by atoms with E-state index in [1.807, 2.05) is 0 Å². The maximum absolute atomic E-state index is 14.0. The maximum Gasteiger partial charge on any atom is 0.340 e. The number of hydrogen-bond donors (Lipinski definition) is 2. The molecule has 0 aliphatic rings. The summed E-state index contributed by atoms with van der Waals surface area (Å²) in [6.07, 6.45) is -2.41. The summed E-state index contributed by atoms with van der Waals surface area (Å²) in [6, 6.07) is 2.45. The molecule has 0 fully saturated rings. The minimum absolute atomic E-state index is 0.150. The topological polar surface area (TPSA) is 72.4 Å². The zero-order chi connectivity index (χ0) is 16.4. The number of halogens is 2. The van der Waals surface area contributed by atoms with Gasteiger partial charge in [-0.1, -0.05) is 17.7 Å². The molecule has 0 aliphatic heterocycles. The lowest BCUT2D eigenvalue weighted by Gasteiger charge is -2.28. The van der Waals surface area contributed by atoms with E-state index in [4.69, 9.17) is 5.11 Å². The molecule has 0 saturated heterocycles. The second-order valence-electron chi connectivity index (χ2n) is 5.74. The van der Waals surface area contributed by atoms with Crippen LogP contribution in [0.25, 0.3) is 0 Å². The van der Waals surface area contributed by atoms with Crippen LogP contribution in [-0.4, -0.2) is 26.5 Å². The van der Waals surface area contributed by atoms with E-state index in [2.05, 4.69) is 4.72 Å². The largest absolute Gasteiger partial charge is 0.598 e. The molecule has 2 N–H and O–H groups in total. The Morgan fingerprint density at radius 2 is 2.00 bits per heavy atom. The number of carboxylic acid groups (broad SMARTS) is 1. The van der Waals surface area contributed by atoms with Crippen LogP contribution in [0.1, 0.15) is 37.9 Å². The van der Waals surface area contributed by atoms with Gasteiger partial charge in [-0.25, -0.2) is 13.6 Å². The summed E-state index contributed by atoms with van der Waals surface area (Å²) >= 11 is -1.74. The van der Waals surface area contributed by atoms with Crippen LogP contribution in [0.2, 0.25) is 0 Å². The lowest BCUT2D eigenvalue weighted by Crippen LogP contribution is -2.45. The van der Waals surface area contributed by atoms with Crippen molar-refractivity contribution in [3.8, 4) is 0 Å². The van der Waals surface area contributed by atoms with Crippen molar-refractivity contribution in [2.45, 2.75) is 44.7 Å². The van der Waals surface area contributed by atoms with Crippen molar-refractivity contribution in [3.63, 3.8) is 0 Å². The number of aryl methyl sites for hydroxylation is 1. The molecule has 0 radical (unpaired) electrons. The van der Waals surface area contributed by atoms with Gasteiger partial charge >= 0.3 is 5.97 Å². The van der Waals surface area contributed by atoms with Crippen LogP contribution in [0.5, 0.6) is 0 Å². The van der Waals surface area contributed by atoms with Gasteiger partial charge in [0.25, 0.3) is 0 Å². The molecule has 0 bridgehead atoms. The van der Waals surface area contributed by atoms with Crippen molar-refractivity contribution in [1.29, 1.82) is 0 Å². The fourth-order valence-electron chi connectivity index (χ4n) is 1.62. The van der Waals surface area contributed by atoms with Gasteiger partial charge in [0.15, 0.2) is 0 Å². The summed E-state index contributed by atoms with van der Waals surface area (Å²) in [6.45, 7) is 6.62. The summed E-state index contributed by atoms with van der Waals surface area (Å²) in [4.78, 5) is 10.9. The van der Waals surface area contributed by atoms with E-state index >= 15 is 0 Å². The molecule has 7 heteroatoms. The maximum atomic E-state index is 14.0. The second kappa shape index (κ2) is 6.72. The number of rotatable bonds is 5. The van der Waals surface area contributed by atoms with E-state index in [1.54, 1.807) is 27.7 Å². The number of benzene rings is 1. The summed E-state index contributed by atoms with van der Waals surface area (Å²) in [5, 5.41) is 8.85. The molecule has 1 aromatic rings. The molecule has 0 saturated carbocycles. The molecule has 0 spiro atoms. The quantitative estimate of drug-likeness (QED) is 0.819. The Balaban J connectivity index is 3.20. The van der Waals surface area contributed by atoms with Crippen LogP contribution >= 0.6 is 0 Å². The van der Waals surface area contributed by atoms with E-state index in [-0.39, 0.29) is 5.56 Å². The van der Waals surface area contributed by atoms with E-state index < -0.39 is 40.1 Å². The van der Waals surface area contributed by atoms with Gasteiger partial charge in [-0.2, -0.15) is 0 Å². The molecule has 0 heterocycles. The first-order valence-electron chi connectivity index (χ1n) is 6.35. The number of nitrogens with one attached hydrogen (secondary N) is 1. The van der Waals surface area contributed by atoms with Gasteiger partial charge in [0.1, 0.15) is 16.6 Å². The summed E-state index contributed by atoms with van der Waals surface area (Å²) < 4.78 is 41.6. The number of carboxylic acids is 1. The summed E-state index contributed by atoms with van der Waals surface area (Å²) in [5.74, 6) is -2.48. The van der Waals surface area contributed by atoms with Crippen molar-refractivity contribution >= 4 is 17.3 Å². The van der Waals surface area contributed by atoms with Gasteiger partial charge in [0.2, 0.25) is 6.17 Å². The van der Waals surface area contributed by atoms with E-state index in [1.165, 1.54) is 12.1 Å². The van der Waals surface area contributed by atoms with Gasteiger partial charge < -0.3 is 9.66 Å². The van der Waals surface area contributed by atoms with Crippen LogP contribution in [0.3, 0.4) is 0 Å². The van der Waals surface area contributed by atoms with Gasteiger partial charge in [0.05, 0.1) is 0 Å². The van der Waals surface area contributed by atoms with Gasteiger partial charge in [-0.05, 0) is 33.8 Å². The van der Waals surface area contributed by atoms with Gasteiger partial charge in [-0.15, -0.1) is 4.72 Å². The lowest BCUT2D eigenvalue weighted by atomic mass is 10.0. The fourth-order valence-corrected chi connectivity index (χ4v) is 2.45. The number of alkyl halides is 1. The van der Waals surface area contributed by atoms with Crippen LogP contribution < -0.4 is 4.72 Å². The smallest absolute Gasteiger partial charge is 0.340 e. The lowest BCUT2D eigenvalue weighted by molar-refractivity contribution is -0.143. The zero-order valence-electron chi connectivity index (χ0n) is 12.3. The minimum atomic E-state index is -2.41. The highest BCUT2D eigenvalue weighted by molar-refractivity contribution is 7.90. The first-order chi connectivity index (χ1) is 9.54. The third-order valence-corrected chi connectivity index (χ3v) is 4.39. The second-order valence-corrected chi connectivity index (χ2v) is 7.74. The SMILES string of the molecule is Cc1ccc(F)c([C@H](N[S@+]([O-])C(C)(C)C)[C@@H](F)C(=O)O)c1. The monoisotopic (exact) mass is 319 g/mol. The molecule has 1 aromatic carbocycles. The number of hydrogen-bond acceptors (Lipinski definition) is 3. The third kappa shape index (κ3) is 4.66. The molecule has 0 amide bonds. The van der Waals surface area contributed by atoms with Crippen LogP contribution in [0.15, 0.2) is 18.2 Å². The Bertz CT molecular complexity index is 519. The van der Waals surface area contributed by atoms with Gasteiger partial charge in [-0.3, -0.25) is 0 Å². The molecule has 118 valence electrons. The average Bonchev–Trinajstić information content (AvgIpc) is 2.36. The predicted octanol–water partition coefficient (Wildman–Crippen LogP) is 2.65. The average molecular weight is 319 g/mol. The van der Waals surface area contributed by atoms with Crippen LogP contribution in [0.4, 0.5) is 8.78 Å². The Morgan fingerprint density at radius 1 is 1.43 bits per heavy atom. The molecular formula is C14H19F2NO3S. The highest BCUT2D eigenvalue weighted by atomic mass is 32.2. The van der Waals surface area contributed by atoms with E-state index in [0.717, 1.165) is 6.07 Å². The molecule has 0 aliphatic carbocycles. The van der Waals surface area contributed by atoms with Crippen molar-refractivity contribution < 1.29 is 23.2 Å². The Morgan fingerprint density at radius 3 is 2.48 bits per heavy atom. The van der Waals surface area contributed by atoms with Gasteiger partial charge in [0, 0.05) is 16.9 Å². The molecule has 4 nitrogen and oxygen atoms in total. The van der Waals surface area contributed by atoms with Crippen LogP contribution in [-0.2, 0) is 16.2 Å². The Labute approximate surface area is 125 Å². The highest BCUT2D eigenvalue weighted by Crippen LogP contribution is 2.27. The van der Waals surface area contributed by atoms with Crippen molar-refractivity contribution in [2.75, 3.05) is 0 Å². The Kier molecular flexibility index (Phi) is 5.72. The normalized spacial score (nSPS) is 16.3. The highest BCUT2D eigenvalue weighted by Gasteiger charge is 2.38. The molecular weight excluding hydrogens is 300 g/mol. The van der Waals surface area contributed by atoms with Crippen molar-refractivity contribution in [3.05, 3.63) is 35.1 Å². The minimum Gasteiger partial charge on any atom is -0.598 e. The first-order valence-corrected chi connectivity index (χ1v) is 7.50. The molecule has 1 rings (SSSR count). The first kappa shape index (κ1) is 17.9. The van der Waals surface area contributed by atoms with E-state index in [0.29, 0.717) is 5.56 Å². The zero-order valence-corrected chi connectivity index (χ0v) is 13.1. The molecule has 3 atom stereocenters. The predicted molar refractivity (Wildman–Crippen MR) is 77.4 cm³/mol. The summed E-state index contributed by atoms with van der Waals surface area (Å²) in [5.41, 5.74) is 0.500. The summed E-state index contributed by atoms with van der Waals surface area (Å²) in [7, 11) is 0. The van der Waals surface area contributed by atoms with Crippen molar-refractivity contribution in [1.82, 2.24) is 4.72 Å². The van der Waals surface area contributed by atoms with Crippen molar-refractivity contribution in [2.24, 2.45) is 0 Å². The molecule has 21 heavy (non-hydrogen) atoms. The third-order valence-electron chi connectivity index (χ3n) is 2.81.